The zero-order chi connectivity index (χ0) is 12.7. The lowest BCUT2D eigenvalue weighted by molar-refractivity contribution is 0.397. The molecule has 0 spiro atoms. The predicted octanol–water partition coefficient (Wildman–Crippen LogP) is 1.86. The van der Waals surface area contributed by atoms with Gasteiger partial charge in [-0.3, -0.25) is 0 Å². The van der Waals surface area contributed by atoms with Gasteiger partial charge in [-0.05, 0) is 25.5 Å². The summed E-state index contributed by atoms with van der Waals surface area (Å²) in [5, 5.41) is 0. The van der Waals surface area contributed by atoms with E-state index in [4.69, 9.17) is 10.5 Å². The van der Waals surface area contributed by atoms with Crippen molar-refractivity contribution in [3.8, 4) is 5.88 Å². The number of guanidine groups is 1. The zero-order valence-electron chi connectivity index (χ0n) is 11.1. The van der Waals surface area contributed by atoms with Crippen molar-refractivity contribution in [2.45, 2.75) is 20.4 Å². The summed E-state index contributed by atoms with van der Waals surface area (Å²) in [6.45, 7) is 6.39. The van der Waals surface area contributed by atoms with Gasteiger partial charge in [0, 0.05) is 25.4 Å². The third-order valence-electron chi connectivity index (χ3n) is 2.52. The van der Waals surface area contributed by atoms with Gasteiger partial charge < -0.3 is 15.4 Å². The van der Waals surface area contributed by atoms with Crippen LogP contribution in [0.2, 0.25) is 0 Å². The molecule has 0 bridgehead atoms. The lowest BCUT2D eigenvalue weighted by Crippen LogP contribution is -2.37. The van der Waals surface area contributed by atoms with Crippen molar-refractivity contribution in [1.82, 2.24) is 9.88 Å². The number of methoxy groups -OCH3 is 1. The molecule has 0 unspecified atom stereocenters. The van der Waals surface area contributed by atoms with Gasteiger partial charge in [-0.15, -0.1) is 24.0 Å². The van der Waals surface area contributed by atoms with Crippen LogP contribution in [0.25, 0.3) is 0 Å². The minimum Gasteiger partial charge on any atom is -0.481 e. The molecule has 0 radical (unpaired) electrons. The monoisotopic (exact) mass is 364 g/mol. The number of nitrogens with two attached hydrogens (primary N) is 1. The highest BCUT2D eigenvalue weighted by Crippen LogP contribution is 2.09. The van der Waals surface area contributed by atoms with Gasteiger partial charge >= 0.3 is 0 Å². The Labute approximate surface area is 125 Å². The van der Waals surface area contributed by atoms with E-state index in [2.05, 4.69) is 23.8 Å². The Kier molecular flexibility index (Phi) is 8.43. The Hall–Kier alpha value is -1.05. The highest BCUT2D eigenvalue weighted by atomic mass is 127. The lowest BCUT2D eigenvalue weighted by atomic mass is 10.3. The Morgan fingerprint density at radius 1 is 1.44 bits per heavy atom. The summed E-state index contributed by atoms with van der Waals surface area (Å²) in [7, 11) is 1.60. The molecule has 2 N–H and O–H groups in total. The van der Waals surface area contributed by atoms with Crippen LogP contribution in [0.4, 0.5) is 0 Å². The second-order valence-corrected chi connectivity index (χ2v) is 3.55. The molecule has 0 aliphatic rings. The molecule has 5 nitrogen and oxygen atoms in total. The van der Waals surface area contributed by atoms with Gasteiger partial charge in [-0.25, -0.2) is 9.98 Å². The molecular formula is C12H21IN4O. The van der Waals surface area contributed by atoms with Crippen LogP contribution in [-0.4, -0.2) is 36.0 Å². The summed E-state index contributed by atoms with van der Waals surface area (Å²) in [5.74, 6) is 1.17. The molecule has 102 valence electrons. The van der Waals surface area contributed by atoms with Gasteiger partial charge in [0.1, 0.15) is 0 Å². The number of hydrogen-bond acceptors (Lipinski definition) is 3. The van der Waals surface area contributed by atoms with Crippen molar-refractivity contribution in [2.75, 3.05) is 20.2 Å². The molecule has 1 heterocycles. The van der Waals surface area contributed by atoms with Gasteiger partial charge in [-0.1, -0.05) is 0 Å². The third kappa shape index (κ3) is 5.07. The molecule has 0 aliphatic heterocycles. The lowest BCUT2D eigenvalue weighted by Gasteiger charge is -2.19. The first kappa shape index (κ1) is 16.9. The number of ether oxygens (including phenoxy) is 1. The highest BCUT2D eigenvalue weighted by molar-refractivity contribution is 14.0. The summed E-state index contributed by atoms with van der Waals surface area (Å²) in [4.78, 5) is 10.4. The van der Waals surface area contributed by atoms with Crippen LogP contribution in [-0.2, 0) is 6.54 Å². The molecule has 0 saturated heterocycles. The van der Waals surface area contributed by atoms with E-state index in [1.807, 2.05) is 17.0 Å². The second kappa shape index (κ2) is 8.96. The maximum atomic E-state index is 5.89. The number of halogens is 1. The number of hydrogen-bond donors (Lipinski definition) is 1. The molecule has 0 saturated carbocycles. The highest BCUT2D eigenvalue weighted by Gasteiger charge is 2.02. The SMILES string of the molecule is CCN(CC)C(N)=NCc1ccnc(OC)c1.I. The molecule has 1 aromatic rings. The summed E-state index contributed by atoms with van der Waals surface area (Å²) in [5.41, 5.74) is 6.92. The number of aliphatic imine (C=N–C) groups is 1. The molecule has 0 aromatic carbocycles. The van der Waals surface area contributed by atoms with Crippen molar-refractivity contribution in [3.63, 3.8) is 0 Å². The van der Waals surface area contributed by atoms with Gasteiger partial charge in [-0.2, -0.15) is 0 Å². The van der Waals surface area contributed by atoms with Crippen molar-refractivity contribution >= 4 is 29.9 Å². The second-order valence-electron chi connectivity index (χ2n) is 3.55. The molecule has 1 aromatic heterocycles. The van der Waals surface area contributed by atoms with Crippen LogP contribution in [0.3, 0.4) is 0 Å². The van der Waals surface area contributed by atoms with Crippen LogP contribution in [0.5, 0.6) is 5.88 Å². The molecule has 18 heavy (non-hydrogen) atoms. The average molecular weight is 364 g/mol. The van der Waals surface area contributed by atoms with Crippen molar-refractivity contribution in [1.29, 1.82) is 0 Å². The van der Waals surface area contributed by atoms with Crippen LogP contribution in [0, 0.1) is 0 Å². The van der Waals surface area contributed by atoms with Gasteiger partial charge in [0.2, 0.25) is 5.88 Å². The van der Waals surface area contributed by atoms with Gasteiger partial charge in [0.15, 0.2) is 5.96 Å². The van der Waals surface area contributed by atoms with E-state index in [9.17, 15) is 0 Å². The fraction of sp³-hybridized carbons (Fsp3) is 0.500. The van der Waals surface area contributed by atoms with Gasteiger partial charge in [0.05, 0.1) is 13.7 Å². The van der Waals surface area contributed by atoms with Crippen LogP contribution in [0.15, 0.2) is 23.3 Å². The minimum atomic E-state index is 0. The Balaban J connectivity index is 0.00000289. The van der Waals surface area contributed by atoms with E-state index in [1.165, 1.54) is 0 Å². The van der Waals surface area contributed by atoms with E-state index in [0.717, 1.165) is 18.7 Å². The van der Waals surface area contributed by atoms with Crippen molar-refractivity contribution in [3.05, 3.63) is 23.9 Å². The smallest absolute Gasteiger partial charge is 0.213 e. The summed E-state index contributed by atoms with van der Waals surface area (Å²) < 4.78 is 5.05. The first-order valence-electron chi connectivity index (χ1n) is 5.75. The van der Waals surface area contributed by atoms with Crippen LogP contribution >= 0.6 is 24.0 Å². The Morgan fingerprint density at radius 3 is 2.67 bits per heavy atom. The van der Waals surface area contributed by atoms with Crippen molar-refractivity contribution < 1.29 is 4.74 Å². The fourth-order valence-electron chi connectivity index (χ4n) is 1.48. The Morgan fingerprint density at radius 2 is 2.11 bits per heavy atom. The van der Waals surface area contributed by atoms with Crippen molar-refractivity contribution in [2.24, 2.45) is 10.7 Å². The number of aromatic nitrogens is 1. The van der Waals surface area contributed by atoms with Crippen LogP contribution < -0.4 is 10.5 Å². The maximum absolute atomic E-state index is 5.89. The first-order chi connectivity index (χ1) is 8.21. The fourth-order valence-corrected chi connectivity index (χ4v) is 1.48. The molecule has 6 heteroatoms. The van der Waals surface area contributed by atoms with Gasteiger partial charge in [0.25, 0.3) is 0 Å². The quantitative estimate of drug-likeness (QED) is 0.492. The van der Waals surface area contributed by atoms with E-state index < -0.39 is 0 Å². The maximum Gasteiger partial charge on any atom is 0.213 e. The molecule has 0 aliphatic carbocycles. The van der Waals surface area contributed by atoms with E-state index in [0.29, 0.717) is 18.4 Å². The average Bonchev–Trinajstić information content (AvgIpc) is 2.38. The standard InChI is InChI=1S/C12H20N4O.HI/c1-4-16(5-2)12(13)15-9-10-6-7-14-11(8-10)17-3;/h6-8H,4-5,9H2,1-3H3,(H2,13,15);1H. The molecule has 0 atom stereocenters. The van der Waals surface area contributed by atoms with E-state index in [-0.39, 0.29) is 24.0 Å². The predicted molar refractivity (Wildman–Crippen MR) is 84.5 cm³/mol. The Bertz CT molecular complexity index is 380. The first-order valence-corrected chi connectivity index (χ1v) is 5.75. The topological polar surface area (TPSA) is 63.7 Å². The summed E-state index contributed by atoms with van der Waals surface area (Å²) in [6.07, 6.45) is 1.71. The number of nitrogens with zero attached hydrogens (tertiary/aromatic N) is 3. The minimum absolute atomic E-state index is 0. The normalized spacial score (nSPS) is 10.7. The largest absolute Gasteiger partial charge is 0.481 e. The summed E-state index contributed by atoms with van der Waals surface area (Å²) >= 11 is 0. The number of pyridine rings is 1. The van der Waals surface area contributed by atoms with Crippen LogP contribution in [0.1, 0.15) is 19.4 Å². The number of rotatable bonds is 5. The third-order valence-corrected chi connectivity index (χ3v) is 2.52. The molecule has 1 rings (SSSR count). The molecule has 0 fully saturated rings. The van der Waals surface area contributed by atoms with E-state index >= 15 is 0 Å². The zero-order valence-corrected chi connectivity index (χ0v) is 13.4. The molecule has 0 amide bonds. The molecular weight excluding hydrogens is 343 g/mol. The van der Waals surface area contributed by atoms with E-state index in [1.54, 1.807) is 13.3 Å². The summed E-state index contributed by atoms with van der Waals surface area (Å²) in [6, 6.07) is 3.76.